The number of amides is 2. The largest absolute Gasteiger partial charge is 0.486 e. The van der Waals surface area contributed by atoms with Crippen LogP contribution >= 0.6 is 0 Å². The number of hydrogen-bond acceptors (Lipinski definition) is 6. The number of hydrogen-bond donors (Lipinski definition) is 2. The third-order valence-electron chi connectivity index (χ3n) is 3.74. The number of anilines is 1. The zero-order valence-electron chi connectivity index (χ0n) is 12.9. The van der Waals surface area contributed by atoms with Crippen molar-refractivity contribution >= 4 is 27.3 Å². The van der Waals surface area contributed by atoms with Crippen LogP contribution in [0, 0.1) is 0 Å². The molecule has 1 fully saturated rings. The standard InChI is InChI=1S/C15H18N2O6S/c18-14(8-15(19)17-11-3-6-24(20,21)9-11)16-10-1-2-12-13(7-10)23-5-4-22-12/h1-2,7,11H,3-6,8-9H2,(H,16,18)(H,17,19). The second kappa shape index (κ2) is 6.68. The van der Waals surface area contributed by atoms with Crippen LogP contribution in [0.3, 0.4) is 0 Å². The van der Waals surface area contributed by atoms with Crippen molar-refractivity contribution in [3.05, 3.63) is 18.2 Å². The van der Waals surface area contributed by atoms with Gasteiger partial charge in [0.1, 0.15) is 19.6 Å². The monoisotopic (exact) mass is 354 g/mol. The van der Waals surface area contributed by atoms with E-state index in [9.17, 15) is 18.0 Å². The van der Waals surface area contributed by atoms with Crippen LogP contribution in [0.25, 0.3) is 0 Å². The van der Waals surface area contributed by atoms with Crippen molar-refractivity contribution in [3.63, 3.8) is 0 Å². The molecular weight excluding hydrogens is 336 g/mol. The molecule has 3 rings (SSSR count). The molecule has 0 bridgehead atoms. The van der Waals surface area contributed by atoms with Gasteiger partial charge in [-0.25, -0.2) is 8.42 Å². The summed E-state index contributed by atoms with van der Waals surface area (Å²) < 4.78 is 33.5. The molecule has 1 unspecified atom stereocenters. The van der Waals surface area contributed by atoms with Crippen LogP contribution < -0.4 is 20.1 Å². The topological polar surface area (TPSA) is 111 Å². The Morgan fingerprint density at radius 3 is 2.58 bits per heavy atom. The maximum Gasteiger partial charge on any atom is 0.233 e. The van der Waals surface area contributed by atoms with E-state index in [1.165, 1.54) is 0 Å². The molecule has 24 heavy (non-hydrogen) atoms. The van der Waals surface area contributed by atoms with Gasteiger partial charge in [-0.3, -0.25) is 9.59 Å². The number of sulfone groups is 1. The fourth-order valence-electron chi connectivity index (χ4n) is 2.66. The molecule has 2 aliphatic rings. The van der Waals surface area contributed by atoms with Gasteiger partial charge in [-0.2, -0.15) is 0 Å². The summed E-state index contributed by atoms with van der Waals surface area (Å²) in [6.07, 6.45) is 0.0167. The Kier molecular flexibility index (Phi) is 4.61. The first-order valence-corrected chi connectivity index (χ1v) is 9.43. The zero-order valence-corrected chi connectivity index (χ0v) is 13.7. The molecule has 2 amide bonds. The van der Waals surface area contributed by atoms with Crippen molar-refractivity contribution in [1.29, 1.82) is 0 Å². The molecule has 1 aromatic carbocycles. The van der Waals surface area contributed by atoms with Crippen molar-refractivity contribution in [1.82, 2.24) is 5.32 Å². The van der Waals surface area contributed by atoms with E-state index in [4.69, 9.17) is 9.47 Å². The fraction of sp³-hybridized carbons (Fsp3) is 0.467. The molecular formula is C15H18N2O6S. The smallest absolute Gasteiger partial charge is 0.233 e. The normalized spacial score (nSPS) is 21.1. The minimum Gasteiger partial charge on any atom is -0.486 e. The van der Waals surface area contributed by atoms with Crippen molar-refractivity contribution in [2.45, 2.75) is 18.9 Å². The predicted molar refractivity (Wildman–Crippen MR) is 85.9 cm³/mol. The molecule has 2 aliphatic heterocycles. The lowest BCUT2D eigenvalue weighted by molar-refractivity contribution is -0.127. The van der Waals surface area contributed by atoms with Gasteiger partial charge >= 0.3 is 0 Å². The lowest BCUT2D eigenvalue weighted by Gasteiger charge is -2.19. The van der Waals surface area contributed by atoms with E-state index in [1.54, 1.807) is 18.2 Å². The minimum absolute atomic E-state index is 0.0669. The maximum absolute atomic E-state index is 11.9. The Morgan fingerprint density at radius 1 is 1.12 bits per heavy atom. The first-order valence-electron chi connectivity index (χ1n) is 7.60. The number of ether oxygens (including phenoxy) is 2. The summed E-state index contributed by atoms with van der Waals surface area (Å²) >= 11 is 0. The van der Waals surface area contributed by atoms with Gasteiger partial charge in [-0.1, -0.05) is 0 Å². The van der Waals surface area contributed by atoms with Gasteiger partial charge in [0.25, 0.3) is 0 Å². The van der Waals surface area contributed by atoms with Crippen LogP contribution in [-0.4, -0.2) is 51.0 Å². The minimum atomic E-state index is -3.07. The van der Waals surface area contributed by atoms with E-state index < -0.39 is 27.7 Å². The molecule has 2 heterocycles. The molecule has 1 saturated heterocycles. The lowest BCUT2D eigenvalue weighted by Crippen LogP contribution is -2.37. The van der Waals surface area contributed by atoms with Gasteiger partial charge in [0.2, 0.25) is 11.8 Å². The van der Waals surface area contributed by atoms with E-state index >= 15 is 0 Å². The molecule has 0 aliphatic carbocycles. The highest BCUT2D eigenvalue weighted by Crippen LogP contribution is 2.32. The van der Waals surface area contributed by atoms with Gasteiger partial charge < -0.3 is 20.1 Å². The molecule has 1 atom stereocenters. The third-order valence-corrected chi connectivity index (χ3v) is 5.51. The molecule has 9 heteroatoms. The van der Waals surface area contributed by atoms with Crippen LogP contribution in [0.5, 0.6) is 11.5 Å². The number of fused-ring (bicyclic) bond motifs is 1. The van der Waals surface area contributed by atoms with Crippen LogP contribution in [0.2, 0.25) is 0 Å². The van der Waals surface area contributed by atoms with Crippen LogP contribution in [0.4, 0.5) is 5.69 Å². The summed E-state index contributed by atoms with van der Waals surface area (Å²) in [6.45, 7) is 0.923. The third kappa shape index (κ3) is 4.16. The summed E-state index contributed by atoms with van der Waals surface area (Å²) in [5, 5.41) is 5.19. The fourth-order valence-corrected chi connectivity index (χ4v) is 4.33. The predicted octanol–water partition coefficient (Wildman–Crippen LogP) is 0.0897. The Labute approximate surface area is 139 Å². The summed E-state index contributed by atoms with van der Waals surface area (Å²) in [4.78, 5) is 23.8. The second-order valence-corrected chi connectivity index (χ2v) is 7.98. The van der Waals surface area contributed by atoms with Crippen molar-refractivity contribution in [3.8, 4) is 11.5 Å². The molecule has 0 aromatic heterocycles. The number of carbonyl (C=O) groups excluding carboxylic acids is 2. The van der Waals surface area contributed by atoms with E-state index in [2.05, 4.69) is 10.6 Å². The van der Waals surface area contributed by atoms with Crippen LogP contribution in [0.15, 0.2) is 18.2 Å². The number of rotatable bonds is 4. The Bertz CT molecular complexity index is 761. The molecule has 0 spiro atoms. The van der Waals surface area contributed by atoms with Crippen molar-refractivity contribution < 1.29 is 27.5 Å². The van der Waals surface area contributed by atoms with Gasteiger partial charge in [-0.15, -0.1) is 0 Å². The summed E-state index contributed by atoms with van der Waals surface area (Å²) in [7, 11) is -3.07. The zero-order chi connectivity index (χ0) is 17.2. The highest BCUT2D eigenvalue weighted by molar-refractivity contribution is 7.91. The Morgan fingerprint density at radius 2 is 1.88 bits per heavy atom. The number of benzene rings is 1. The summed E-state index contributed by atoms with van der Waals surface area (Å²) in [5.74, 6) is 0.181. The quantitative estimate of drug-likeness (QED) is 0.742. The van der Waals surface area contributed by atoms with E-state index in [1.807, 2.05) is 0 Å². The SMILES string of the molecule is O=C(CC(=O)NC1CCS(=O)(=O)C1)Nc1ccc2c(c1)OCCO2. The Hall–Kier alpha value is -2.29. The maximum atomic E-state index is 11.9. The molecule has 130 valence electrons. The first-order chi connectivity index (χ1) is 11.4. The lowest BCUT2D eigenvalue weighted by atomic mass is 10.2. The van der Waals surface area contributed by atoms with Crippen LogP contribution in [-0.2, 0) is 19.4 Å². The molecule has 0 saturated carbocycles. The number of carbonyl (C=O) groups is 2. The second-order valence-electron chi connectivity index (χ2n) is 5.75. The molecule has 2 N–H and O–H groups in total. The average molecular weight is 354 g/mol. The van der Waals surface area contributed by atoms with Gasteiger partial charge in [-0.05, 0) is 18.6 Å². The Balaban J connectivity index is 1.51. The highest BCUT2D eigenvalue weighted by Gasteiger charge is 2.29. The highest BCUT2D eigenvalue weighted by atomic mass is 32.2. The van der Waals surface area contributed by atoms with E-state index in [0.29, 0.717) is 36.8 Å². The number of nitrogens with one attached hydrogen (secondary N) is 2. The van der Waals surface area contributed by atoms with Crippen molar-refractivity contribution in [2.24, 2.45) is 0 Å². The van der Waals surface area contributed by atoms with Crippen LogP contribution in [0.1, 0.15) is 12.8 Å². The van der Waals surface area contributed by atoms with Gasteiger partial charge in [0, 0.05) is 17.8 Å². The van der Waals surface area contributed by atoms with Crippen molar-refractivity contribution in [2.75, 3.05) is 30.0 Å². The summed E-state index contributed by atoms with van der Waals surface area (Å²) in [6, 6.07) is 4.57. The average Bonchev–Trinajstić information content (AvgIpc) is 2.85. The molecule has 8 nitrogen and oxygen atoms in total. The molecule has 0 radical (unpaired) electrons. The van der Waals surface area contributed by atoms with Gasteiger partial charge in [0.05, 0.1) is 11.5 Å². The van der Waals surface area contributed by atoms with E-state index in [-0.39, 0.29) is 17.9 Å². The van der Waals surface area contributed by atoms with E-state index in [0.717, 1.165) is 0 Å². The molecule has 1 aromatic rings. The van der Waals surface area contributed by atoms with Gasteiger partial charge in [0.15, 0.2) is 21.3 Å². The summed E-state index contributed by atoms with van der Waals surface area (Å²) in [5.41, 5.74) is 0.500. The first kappa shape index (κ1) is 16.6.